The molecule has 1 aromatic carbocycles. The normalized spacial score (nSPS) is 10.0. The molecular formula is C15H9N3O3. The van der Waals surface area contributed by atoms with Gasteiger partial charge < -0.3 is 14.3 Å². The lowest BCUT2D eigenvalue weighted by molar-refractivity contribution is 0.101. The number of nitriles is 1. The summed E-state index contributed by atoms with van der Waals surface area (Å²) in [5, 5.41) is 15.2. The van der Waals surface area contributed by atoms with E-state index >= 15 is 0 Å². The highest BCUT2D eigenvalue weighted by Crippen LogP contribution is 2.21. The molecule has 0 atom stereocenters. The van der Waals surface area contributed by atoms with Crippen LogP contribution in [-0.4, -0.2) is 11.1 Å². The van der Waals surface area contributed by atoms with E-state index in [9.17, 15) is 4.79 Å². The molecule has 2 heterocycles. The average Bonchev–Trinajstić information content (AvgIpc) is 3.18. The predicted molar refractivity (Wildman–Crippen MR) is 73.3 cm³/mol. The van der Waals surface area contributed by atoms with Gasteiger partial charge in [-0.1, -0.05) is 11.2 Å². The minimum Gasteiger partial charge on any atom is -0.461 e. The Balaban J connectivity index is 1.78. The van der Waals surface area contributed by atoms with Crippen LogP contribution >= 0.6 is 0 Å². The van der Waals surface area contributed by atoms with Gasteiger partial charge in [-0.15, -0.1) is 0 Å². The van der Waals surface area contributed by atoms with E-state index in [2.05, 4.69) is 10.5 Å². The van der Waals surface area contributed by atoms with Crippen molar-refractivity contribution in [2.75, 3.05) is 5.32 Å². The van der Waals surface area contributed by atoms with Gasteiger partial charge >= 0.3 is 0 Å². The molecule has 6 heteroatoms. The molecule has 0 saturated carbocycles. The summed E-state index contributed by atoms with van der Waals surface area (Å²) in [6.07, 6.45) is 1.50. The minimum absolute atomic E-state index is 0.128. The van der Waals surface area contributed by atoms with Crippen LogP contribution in [0.4, 0.5) is 5.69 Å². The topological polar surface area (TPSA) is 92.1 Å². The summed E-state index contributed by atoms with van der Waals surface area (Å²) in [5.74, 6) is 0.440. The summed E-state index contributed by atoms with van der Waals surface area (Å²) in [7, 11) is 0. The molecule has 3 aromatic rings. The van der Waals surface area contributed by atoms with Crippen LogP contribution in [0.1, 0.15) is 16.1 Å². The van der Waals surface area contributed by atoms with Crippen LogP contribution in [0.3, 0.4) is 0 Å². The molecule has 6 nitrogen and oxygen atoms in total. The highest BCUT2D eigenvalue weighted by Gasteiger charge is 2.15. The van der Waals surface area contributed by atoms with Crippen molar-refractivity contribution in [3.05, 3.63) is 60.0 Å². The third-order valence-corrected chi connectivity index (χ3v) is 2.76. The molecular weight excluding hydrogens is 270 g/mol. The summed E-state index contributed by atoms with van der Waals surface area (Å²) in [5.41, 5.74) is 1.11. The number of carbonyl (C=O) groups excluding carboxylic acids is 1. The number of amides is 1. The summed E-state index contributed by atoms with van der Waals surface area (Å²) < 4.78 is 10.2. The molecule has 0 bridgehead atoms. The van der Waals surface area contributed by atoms with Crippen LogP contribution in [0, 0.1) is 11.3 Å². The van der Waals surface area contributed by atoms with Crippen molar-refractivity contribution >= 4 is 11.6 Å². The fraction of sp³-hybridized carbons (Fsp3) is 0. The molecule has 0 fully saturated rings. The van der Waals surface area contributed by atoms with Gasteiger partial charge in [-0.3, -0.25) is 4.79 Å². The lowest BCUT2D eigenvalue weighted by atomic mass is 10.2. The molecule has 0 radical (unpaired) electrons. The number of nitrogens with zero attached hydrogens (tertiary/aromatic N) is 2. The van der Waals surface area contributed by atoms with E-state index in [1.54, 1.807) is 36.4 Å². The number of anilines is 1. The van der Waals surface area contributed by atoms with Crippen molar-refractivity contribution in [1.29, 1.82) is 5.26 Å². The van der Waals surface area contributed by atoms with Crippen LogP contribution in [0.5, 0.6) is 0 Å². The molecule has 0 aliphatic rings. The first-order chi connectivity index (χ1) is 10.3. The Bertz CT molecular complexity index is 813. The van der Waals surface area contributed by atoms with Crippen LogP contribution in [-0.2, 0) is 0 Å². The van der Waals surface area contributed by atoms with E-state index in [1.807, 2.05) is 6.07 Å². The van der Waals surface area contributed by atoms with Gasteiger partial charge in [0.1, 0.15) is 0 Å². The van der Waals surface area contributed by atoms with E-state index in [4.69, 9.17) is 14.2 Å². The lowest BCUT2D eigenvalue weighted by Crippen LogP contribution is -2.12. The number of furan rings is 1. The Hall–Kier alpha value is -3.33. The second-order valence-electron chi connectivity index (χ2n) is 4.20. The quantitative estimate of drug-likeness (QED) is 0.795. The van der Waals surface area contributed by atoms with E-state index in [0.29, 0.717) is 22.8 Å². The van der Waals surface area contributed by atoms with E-state index in [0.717, 1.165) is 0 Å². The van der Waals surface area contributed by atoms with Crippen molar-refractivity contribution in [3.8, 4) is 17.6 Å². The molecule has 0 saturated heterocycles. The number of hydrogen-bond acceptors (Lipinski definition) is 5. The van der Waals surface area contributed by atoms with Crippen molar-refractivity contribution in [2.24, 2.45) is 0 Å². The molecule has 0 spiro atoms. The third-order valence-electron chi connectivity index (χ3n) is 2.76. The molecule has 2 aromatic heterocycles. The number of hydrogen-bond donors (Lipinski definition) is 1. The van der Waals surface area contributed by atoms with Gasteiger partial charge in [-0.05, 0) is 30.3 Å². The number of aromatic nitrogens is 1. The predicted octanol–water partition coefficient (Wildman–Crippen LogP) is 3.06. The smallest absolute Gasteiger partial charge is 0.277 e. The van der Waals surface area contributed by atoms with Crippen molar-refractivity contribution < 1.29 is 13.7 Å². The van der Waals surface area contributed by atoms with E-state index < -0.39 is 5.91 Å². The largest absolute Gasteiger partial charge is 0.461 e. The maximum absolute atomic E-state index is 12.0. The van der Waals surface area contributed by atoms with E-state index in [1.165, 1.54) is 12.3 Å². The molecule has 102 valence electrons. The zero-order valence-electron chi connectivity index (χ0n) is 10.7. The van der Waals surface area contributed by atoms with Gasteiger partial charge in [0.15, 0.2) is 11.5 Å². The molecule has 0 aliphatic carbocycles. The van der Waals surface area contributed by atoms with Crippen molar-refractivity contribution in [3.63, 3.8) is 0 Å². The molecule has 1 N–H and O–H groups in total. The Morgan fingerprint density at radius 1 is 1.19 bits per heavy atom. The van der Waals surface area contributed by atoms with Gasteiger partial charge in [0.25, 0.3) is 5.91 Å². The van der Waals surface area contributed by atoms with Crippen LogP contribution in [0.15, 0.2) is 57.7 Å². The summed E-state index contributed by atoms with van der Waals surface area (Å²) in [6, 6.07) is 13.5. The van der Waals surface area contributed by atoms with Crippen molar-refractivity contribution in [1.82, 2.24) is 5.16 Å². The van der Waals surface area contributed by atoms with Crippen LogP contribution < -0.4 is 5.32 Å². The monoisotopic (exact) mass is 279 g/mol. The highest BCUT2D eigenvalue weighted by atomic mass is 16.5. The van der Waals surface area contributed by atoms with Gasteiger partial charge in [-0.25, -0.2) is 0 Å². The maximum atomic E-state index is 12.0. The Morgan fingerprint density at radius 2 is 2.10 bits per heavy atom. The zero-order chi connectivity index (χ0) is 14.7. The van der Waals surface area contributed by atoms with Crippen LogP contribution in [0.25, 0.3) is 11.5 Å². The Labute approximate surface area is 119 Å². The third kappa shape index (κ3) is 2.67. The molecule has 1 amide bonds. The van der Waals surface area contributed by atoms with Gasteiger partial charge in [0, 0.05) is 11.8 Å². The number of carbonyl (C=O) groups is 1. The first kappa shape index (κ1) is 12.7. The highest BCUT2D eigenvalue weighted by molar-refractivity contribution is 6.03. The van der Waals surface area contributed by atoms with Crippen LogP contribution in [0.2, 0.25) is 0 Å². The van der Waals surface area contributed by atoms with Crippen molar-refractivity contribution in [2.45, 2.75) is 0 Å². The Morgan fingerprint density at radius 3 is 2.86 bits per heavy atom. The van der Waals surface area contributed by atoms with Gasteiger partial charge in [-0.2, -0.15) is 5.26 Å². The molecule has 0 unspecified atom stereocenters. The van der Waals surface area contributed by atoms with E-state index in [-0.39, 0.29) is 5.69 Å². The average molecular weight is 279 g/mol. The summed E-state index contributed by atoms with van der Waals surface area (Å²) >= 11 is 0. The molecule has 21 heavy (non-hydrogen) atoms. The maximum Gasteiger partial charge on any atom is 0.277 e. The first-order valence-electron chi connectivity index (χ1n) is 6.08. The second kappa shape index (κ2) is 5.35. The fourth-order valence-electron chi connectivity index (χ4n) is 1.78. The zero-order valence-corrected chi connectivity index (χ0v) is 10.7. The number of rotatable bonds is 3. The summed E-state index contributed by atoms with van der Waals surface area (Å²) in [4.78, 5) is 12.0. The molecule has 0 aliphatic heterocycles. The fourth-order valence-corrected chi connectivity index (χ4v) is 1.78. The minimum atomic E-state index is -0.424. The number of nitrogens with one attached hydrogen (secondary N) is 1. The first-order valence-corrected chi connectivity index (χ1v) is 6.08. The second-order valence-corrected chi connectivity index (χ2v) is 4.20. The SMILES string of the molecule is N#Cc1cccc(NC(=O)c2cc(-c3ccco3)on2)c1. The standard InChI is InChI=1S/C15H9N3O3/c16-9-10-3-1-4-11(7-10)17-15(19)12-8-14(21-18-12)13-5-2-6-20-13/h1-8H,(H,17,19). The van der Waals surface area contributed by atoms with Gasteiger partial charge in [0.2, 0.25) is 5.76 Å². The summed E-state index contributed by atoms with van der Waals surface area (Å²) in [6.45, 7) is 0. The Kier molecular flexibility index (Phi) is 3.23. The number of benzene rings is 1. The molecule has 3 rings (SSSR count). The lowest BCUT2D eigenvalue weighted by Gasteiger charge is -2.02. The van der Waals surface area contributed by atoms with Gasteiger partial charge in [0.05, 0.1) is 17.9 Å².